The Morgan fingerprint density at radius 1 is 0.973 bits per heavy atom. The lowest BCUT2D eigenvalue weighted by Crippen LogP contribution is -2.41. The first kappa shape index (κ1) is 24.9. The Morgan fingerprint density at radius 2 is 1.73 bits per heavy atom. The molecule has 1 saturated heterocycles. The van der Waals surface area contributed by atoms with Gasteiger partial charge in [-0.05, 0) is 37.1 Å². The molecule has 0 atom stereocenters. The number of nitriles is 1. The molecule has 2 aliphatic rings. The number of alkyl halides is 3. The predicted molar refractivity (Wildman–Crippen MR) is 128 cm³/mol. The van der Waals surface area contributed by atoms with Crippen LogP contribution in [0.25, 0.3) is 11.3 Å². The van der Waals surface area contributed by atoms with Gasteiger partial charge in [0.2, 0.25) is 5.95 Å². The Bertz CT molecular complexity index is 1380. The normalized spacial score (nSPS) is 16.5. The summed E-state index contributed by atoms with van der Waals surface area (Å²) in [7, 11) is 0. The summed E-state index contributed by atoms with van der Waals surface area (Å²) in [4.78, 5) is 12.7. The van der Waals surface area contributed by atoms with E-state index in [0.29, 0.717) is 41.6 Å². The summed E-state index contributed by atoms with van der Waals surface area (Å²) in [5.74, 6) is -1.29. The van der Waals surface area contributed by atoms with Gasteiger partial charge in [-0.3, -0.25) is 0 Å². The first-order valence-corrected chi connectivity index (χ1v) is 11.9. The highest BCUT2D eigenvalue weighted by atomic mass is 19.4. The molecule has 1 fully saturated rings. The Morgan fingerprint density at radius 3 is 2.41 bits per heavy atom. The van der Waals surface area contributed by atoms with Crippen molar-refractivity contribution in [1.29, 1.82) is 5.26 Å². The van der Waals surface area contributed by atoms with E-state index in [9.17, 15) is 22.0 Å². The highest BCUT2D eigenvalue weighted by molar-refractivity contribution is 5.69. The van der Waals surface area contributed by atoms with Crippen LogP contribution in [0.15, 0.2) is 36.4 Å². The van der Waals surface area contributed by atoms with Gasteiger partial charge in [-0.15, -0.1) is 0 Å². The van der Waals surface area contributed by atoms with Gasteiger partial charge >= 0.3 is 6.18 Å². The van der Waals surface area contributed by atoms with Crippen LogP contribution >= 0.6 is 0 Å². The summed E-state index contributed by atoms with van der Waals surface area (Å²) < 4.78 is 70.5. The Kier molecular flexibility index (Phi) is 6.45. The number of nitrogens with two attached hydrogens (primary N) is 1. The minimum absolute atomic E-state index is 0.0816. The topological polar surface area (TPSA) is 82.1 Å². The molecule has 37 heavy (non-hydrogen) atoms. The number of piperidine rings is 1. The number of hydrogen-bond donors (Lipinski definition) is 1. The zero-order chi connectivity index (χ0) is 26.3. The van der Waals surface area contributed by atoms with Gasteiger partial charge in [-0.25, -0.2) is 18.7 Å². The summed E-state index contributed by atoms with van der Waals surface area (Å²) in [6.07, 6.45) is -2.99. The van der Waals surface area contributed by atoms with Crippen molar-refractivity contribution in [1.82, 2.24) is 9.97 Å². The molecule has 0 aliphatic carbocycles. The van der Waals surface area contributed by atoms with Gasteiger partial charge in [0, 0.05) is 49.8 Å². The fourth-order valence-corrected chi connectivity index (χ4v) is 4.89. The monoisotopic (exact) mass is 514 g/mol. The molecule has 3 heterocycles. The number of benzene rings is 2. The highest BCUT2D eigenvalue weighted by Crippen LogP contribution is 2.41. The van der Waals surface area contributed by atoms with Crippen LogP contribution in [0.3, 0.4) is 0 Å². The van der Waals surface area contributed by atoms with E-state index in [1.54, 1.807) is 12.1 Å². The van der Waals surface area contributed by atoms with Crippen LogP contribution in [0.5, 0.6) is 0 Å². The zero-order valence-electron chi connectivity index (χ0n) is 19.7. The lowest BCUT2D eigenvalue weighted by molar-refractivity contribution is -0.137. The molecule has 0 saturated carbocycles. The van der Waals surface area contributed by atoms with Gasteiger partial charge in [-0.1, -0.05) is 12.1 Å². The van der Waals surface area contributed by atoms with Crippen LogP contribution in [0, 0.1) is 23.0 Å². The summed E-state index contributed by atoms with van der Waals surface area (Å²) in [6, 6.07) is 8.80. The smallest absolute Gasteiger partial charge is 0.364 e. The first-order valence-electron chi connectivity index (χ1n) is 11.9. The second-order valence-corrected chi connectivity index (χ2v) is 9.23. The van der Waals surface area contributed by atoms with Crippen LogP contribution in [0.1, 0.15) is 35.2 Å². The molecule has 0 spiro atoms. The lowest BCUT2D eigenvalue weighted by atomic mass is 9.97. The van der Waals surface area contributed by atoms with Crippen molar-refractivity contribution in [3.05, 3.63) is 70.4 Å². The third-order valence-corrected chi connectivity index (χ3v) is 6.84. The molecule has 1 aromatic heterocycles. The van der Waals surface area contributed by atoms with Crippen LogP contribution in [0.2, 0.25) is 0 Å². The number of rotatable bonds is 3. The predicted octanol–water partition coefficient (Wildman–Crippen LogP) is 4.80. The van der Waals surface area contributed by atoms with E-state index in [-0.39, 0.29) is 31.1 Å². The zero-order valence-corrected chi connectivity index (χ0v) is 19.7. The molecule has 192 valence electrons. The fourth-order valence-electron chi connectivity index (χ4n) is 4.89. The van der Waals surface area contributed by atoms with Crippen molar-refractivity contribution in [2.75, 3.05) is 29.4 Å². The van der Waals surface area contributed by atoms with Crippen molar-refractivity contribution < 1.29 is 22.0 Å². The number of para-hydroxylation sites is 1. The Hall–Kier alpha value is -3.78. The number of hydrogen-bond acceptors (Lipinski definition) is 6. The summed E-state index contributed by atoms with van der Waals surface area (Å²) in [5, 5.41) is 9.12. The molecule has 11 heteroatoms. The minimum atomic E-state index is -4.74. The van der Waals surface area contributed by atoms with Gasteiger partial charge in [0.15, 0.2) is 0 Å². The van der Waals surface area contributed by atoms with E-state index >= 15 is 0 Å². The van der Waals surface area contributed by atoms with Crippen molar-refractivity contribution in [2.24, 2.45) is 5.73 Å². The lowest BCUT2D eigenvalue weighted by Gasteiger charge is -2.35. The third kappa shape index (κ3) is 4.81. The standard InChI is InChI=1S/C26H23F5N6/c27-20-3-1-2-19(26(29,30)31)24(20)37-11-8-22-18(14-37)23(15-4-5-16(13-32)21(28)12-15)35-25(34-22)36-9-6-17(33)7-10-36/h1-5,12,17H,6-11,14,33H2. The van der Waals surface area contributed by atoms with E-state index in [1.165, 1.54) is 17.0 Å². The van der Waals surface area contributed by atoms with Gasteiger partial charge in [0.1, 0.15) is 17.7 Å². The third-order valence-electron chi connectivity index (χ3n) is 6.84. The highest BCUT2D eigenvalue weighted by Gasteiger charge is 2.38. The van der Waals surface area contributed by atoms with Gasteiger partial charge < -0.3 is 15.5 Å². The van der Waals surface area contributed by atoms with Crippen molar-refractivity contribution in [3.8, 4) is 17.3 Å². The molecular formula is C26H23F5N6. The number of fused-ring (bicyclic) bond motifs is 1. The van der Waals surface area contributed by atoms with Gasteiger partial charge in [0.25, 0.3) is 0 Å². The average molecular weight is 515 g/mol. The Labute approximate surface area is 210 Å². The molecule has 0 unspecified atom stereocenters. The van der Waals surface area contributed by atoms with Gasteiger partial charge in [0.05, 0.1) is 28.2 Å². The number of nitrogens with zero attached hydrogens (tertiary/aromatic N) is 5. The molecule has 0 bridgehead atoms. The summed E-state index contributed by atoms with van der Waals surface area (Å²) in [6.45, 7) is 1.29. The minimum Gasteiger partial charge on any atom is -0.364 e. The maximum atomic E-state index is 14.8. The molecule has 0 radical (unpaired) electrons. The molecular weight excluding hydrogens is 491 g/mol. The van der Waals surface area contributed by atoms with E-state index in [1.807, 2.05) is 4.90 Å². The van der Waals surface area contributed by atoms with E-state index in [2.05, 4.69) is 0 Å². The summed E-state index contributed by atoms with van der Waals surface area (Å²) >= 11 is 0. The molecule has 6 nitrogen and oxygen atoms in total. The first-order chi connectivity index (χ1) is 17.7. The van der Waals surface area contributed by atoms with Crippen molar-refractivity contribution >= 4 is 11.6 Å². The number of halogens is 5. The van der Waals surface area contributed by atoms with Crippen LogP contribution in [-0.4, -0.2) is 35.6 Å². The van der Waals surface area contributed by atoms with E-state index < -0.39 is 29.1 Å². The maximum Gasteiger partial charge on any atom is 0.418 e. The maximum absolute atomic E-state index is 14.8. The second kappa shape index (κ2) is 9.59. The van der Waals surface area contributed by atoms with Gasteiger partial charge in [-0.2, -0.15) is 18.4 Å². The molecule has 2 aliphatic heterocycles. The van der Waals surface area contributed by atoms with E-state index in [0.717, 1.165) is 31.0 Å². The molecule has 2 N–H and O–H groups in total. The fraction of sp³-hybridized carbons (Fsp3) is 0.346. The van der Waals surface area contributed by atoms with Crippen LogP contribution in [-0.2, 0) is 19.1 Å². The molecule has 2 aromatic carbocycles. The van der Waals surface area contributed by atoms with E-state index in [4.69, 9.17) is 21.0 Å². The SMILES string of the molecule is N#Cc1ccc(-c2nc(N3CCC(N)CC3)nc3c2CN(c2c(F)cccc2C(F)(F)F)CC3)cc1F. The van der Waals surface area contributed by atoms with Crippen LogP contribution in [0.4, 0.5) is 33.6 Å². The largest absolute Gasteiger partial charge is 0.418 e. The summed E-state index contributed by atoms with van der Waals surface area (Å²) in [5.41, 5.74) is 6.08. The Balaban J connectivity index is 1.62. The molecule has 3 aromatic rings. The van der Waals surface area contributed by atoms with Crippen LogP contribution < -0.4 is 15.5 Å². The quantitative estimate of drug-likeness (QED) is 0.506. The average Bonchev–Trinajstić information content (AvgIpc) is 2.87. The van der Waals surface area contributed by atoms with Crippen molar-refractivity contribution in [2.45, 2.75) is 38.0 Å². The molecule has 0 amide bonds. The number of anilines is 2. The number of aromatic nitrogens is 2. The van der Waals surface area contributed by atoms with Crippen molar-refractivity contribution in [3.63, 3.8) is 0 Å². The second-order valence-electron chi connectivity index (χ2n) is 9.23. The molecule has 5 rings (SSSR count).